The summed E-state index contributed by atoms with van der Waals surface area (Å²) in [6.45, 7) is 0. The molecule has 0 aliphatic heterocycles. The molecule has 0 saturated heterocycles. The van der Waals surface area contributed by atoms with Crippen molar-refractivity contribution in [2.45, 2.75) is 12.8 Å². The zero-order chi connectivity index (χ0) is 23.7. The molecule has 10 heteroatoms. The van der Waals surface area contributed by atoms with Crippen LogP contribution in [0.2, 0.25) is 10.0 Å². The molecule has 0 saturated carbocycles. The number of esters is 2. The quantitative estimate of drug-likeness (QED) is 0.483. The van der Waals surface area contributed by atoms with E-state index in [9.17, 15) is 9.59 Å². The fraction of sp³-hybridized carbons (Fsp3) is 0.364. The first-order chi connectivity index (χ1) is 15.3. The van der Waals surface area contributed by atoms with Gasteiger partial charge in [-0.15, -0.1) is 0 Å². The van der Waals surface area contributed by atoms with Crippen molar-refractivity contribution in [2.75, 3.05) is 42.7 Å². The van der Waals surface area contributed by atoms with Crippen LogP contribution in [0.3, 0.4) is 0 Å². The first kappa shape index (κ1) is 23.8. The molecule has 2 aromatic rings. The van der Waals surface area contributed by atoms with Gasteiger partial charge in [-0.1, -0.05) is 23.2 Å². The third kappa shape index (κ3) is 3.47. The van der Waals surface area contributed by atoms with Crippen LogP contribution in [0.25, 0.3) is 0 Å². The molecular formula is C22H22Cl2O8. The molecule has 32 heavy (non-hydrogen) atoms. The molecule has 3 rings (SSSR count). The summed E-state index contributed by atoms with van der Waals surface area (Å²) < 4.78 is 31.8. The Hall–Kier alpha value is -2.84. The Morgan fingerprint density at radius 3 is 1.12 bits per heavy atom. The van der Waals surface area contributed by atoms with Crippen molar-refractivity contribution in [3.63, 3.8) is 0 Å². The van der Waals surface area contributed by atoms with E-state index in [0.717, 1.165) is 0 Å². The first-order valence-electron chi connectivity index (χ1n) is 9.37. The maximum atomic E-state index is 12.7. The molecule has 172 valence electrons. The van der Waals surface area contributed by atoms with Crippen LogP contribution in [0.5, 0.6) is 23.0 Å². The van der Waals surface area contributed by atoms with E-state index < -0.39 is 11.9 Å². The van der Waals surface area contributed by atoms with Crippen LogP contribution < -0.4 is 18.9 Å². The highest BCUT2D eigenvalue weighted by molar-refractivity contribution is 6.34. The van der Waals surface area contributed by atoms with Gasteiger partial charge in [0.25, 0.3) is 0 Å². The molecule has 0 spiro atoms. The summed E-state index contributed by atoms with van der Waals surface area (Å²) in [5, 5.41) is 0.499. The van der Waals surface area contributed by atoms with Crippen molar-refractivity contribution in [2.24, 2.45) is 0 Å². The molecule has 2 aromatic carbocycles. The molecule has 1 aliphatic rings. The summed E-state index contributed by atoms with van der Waals surface area (Å²) in [5.41, 5.74) is 2.59. The van der Waals surface area contributed by atoms with Crippen LogP contribution in [0, 0.1) is 0 Å². The van der Waals surface area contributed by atoms with E-state index in [1.807, 2.05) is 0 Å². The lowest BCUT2D eigenvalue weighted by Crippen LogP contribution is -2.21. The van der Waals surface area contributed by atoms with Crippen molar-refractivity contribution in [3.05, 3.63) is 43.4 Å². The molecule has 0 N–H and O–H groups in total. The SMILES string of the molecule is COC(=O)c1c2c(c(Cl)c(OC)c1OC)Cc1c(c(Cl)c(OC)c(OC)c1C(=O)OC)C2. The lowest BCUT2D eigenvalue weighted by Gasteiger charge is -2.29. The van der Waals surface area contributed by atoms with E-state index in [0.29, 0.717) is 22.3 Å². The highest BCUT2D eigenvalue weighted by Crippen LogP contribution is 2.51. The molecule has 0 atom stereocenters. The lowest BCUT2D eigenvalue weighted by molar-refractivity contribution is 0.0584. The molecule has 0 unspecified atom stereocenters. The minimum atomic E-state index is -0.624. The number of halogens is 2. The molecule has 0 bridgehead atoms. The summed E-state index contributed by atoms with van der Waals surface area (Å²) in [4.78, 5) is 25.5. The van der Waals surface area contributed by atoms with E-state index in [4.69, 9.17) is 51.6 Å². The summed E-state index contributed by atoms with van der Waals surface area (Å²) in [7, 11) is 8.17. The van der Waals surface area contributed by atoms with Gasteiger partial charge in [-0.3, -0.25) is 0 Å². The van der Waals surface area contributed by atoms with Gasteiger partial charge < -0.3 is 28.4 Å². The van der Waals surface area contributed by atoms with E-state index in [-0.39, 0.29) is 57.0 Å². The third-order valence-electron chi connectivity index (χ3n) is 5.43. The molecule has 0 fully saturated rings. The molecule has 0 heterocycles. The van der Waals surface area contributed by atoms with E-state index in [1.54, 1.807) is 0 Å². The van der Waals surface area contributed by atoms with Crippen LogP contribution in [-0.2, 0) is 22.3 Å². The standard InChI is InChI=1S/C22H22Cl2O8/c1-27-17-13(21(25)31-5)9-7-12-10(8-11(9)15(23)19(17)29-3)14(22(26)32-6)18(28-2)20(30-4)16(12)24/h7-8H2,1-6H3. The minimum Gasteiger partial charge on any atom is -0.492 e. The van der Waals surface area contributed by atoms with Crippen molar-refractivity contribution >= 4 is 35.1 Å². The monoisotopic (exact) mass is 484 g/mol. The molecule has 0 amide bonds. The summed E-state index contributed by atoms with van der Waals surface area (Å²) in [6, 6.07) is 0. The summed E-state index contributed by atoms with van der Waals surface area (Å²) >= 11 is 13.3. The van der Waals surface area contributed by atoms with Gasteiger partial charge in [0.15, 0.2) is 23.0 Å². The summed E-state index contributed by atoms with van der Waals surface area (Å²) in [6.07, 6.45) is 0.302. The van der Waals surface area contributed by atoms with E-state index >= 15 is 0 Å². The Morgan fingerprint density at radius 1 is 0.562 bits per heavy atom. The average Bonchev–Trinajstić information content (AvgIpc) is 2.81. The first-order valence-corrected chi connectivity index (χ1v) is 10.1. The van der Waals surface area contributed by atoms with Crippen LogP contribution in [0.15, 0.2) is 0 Å². The Kier molecular flexibility index (Phi) is 6.95. The number of hydrogen-bond acceptors (Lipinski definition) is 8. The third-order valence-corrected chi connectivity index (χ3v) is 6.23. The van der Waals surface area contributed by atoms with Crippen molar-refractivity contribution < 1.29 is 38.0 Å². The highest BCUT2D eigenvalue weighted by atomic mass is 35.5. The number of ether oxygens (including phenoxy) is 6. The number of fused-ring (bicyclic) bond motifs is 2. The molecule has 0 radical (unpaired) electrons. The number of carbonyl (C=O) groups is 2. The van der Waals surface area contributed by atoms with Crippen LogP contribution in [0.4, 0.5) is 0 Å². The smallest absolute Gasteiger partial charge is 0.342 e. The van der Waals surface area contributed by atoms with Crippen LogP contribution in [-0.4, -0.2) is 54.6 Å². The number of carbonyl (C=O) groups excluding carboxylic acids is 2. The molecule has 0 aromatic heterocycles. The van der Waals surface area contributed by atoms with Crippen molar-refractivity contribution in [3.8, 4) is 23.0 Å². The molecular weight excluding hydrogens is 463 g/mol. The minimum absolute atomic E-state index is 0.149. The van der Waals surface area contributed by atoms with Gasteiger partial charge in [0.1, 0.15) is 11.1 Å². The van der Waals surface area contributed by atoms with Crippen molar-refractivity contribution in [1.29, 1.82) is 0 Å². The normalized spacial score (nSPS) is 11.8. The van der Waals surface area contributed by atoms with Gasteiger partial charge >= 0.3 is 11.9 Å². The maximum Gasteiger partial charge on any atom is 0.342 e. The Bertz CT molecular complexity index is 1020. The number of benzene rings is 2. The second-order valence-corrected chi connectivity index (χ2v) is 7.52. The predicted molar refractivity (Wildman–Crippen MR) is 117 cm³/mol. The topological polar surface area (TPSA) is 89.5 Å². The van der Waals surface area contributed by atoms with E-state index in [2.05, 4.69) is 0 Å². The van der Waals surface area contributed by atoms with Crippen LogP contribution >= 0.6 is 23.2 Å². The number of hydrogen-bond donors (Lipinski definition) is 0. The highest BCUT2D eigenvalue weighted by Gasteiger charge is 2.37. The summed E-state index contributed by atoms with van der Waals surface area (Å²) in [5.74, 6) is -0.582. The average molecular weight is 485 g/mol. The number of rotatable bonds is 6. The van der Waals surface area contributed by atoms with Gasteiger partial charge in [-0.25, -0.2) is 9.59 Å². The molecule has 1 aliphatic carbocycles. The van der Waals surface area contributed by atoms with E-state index in [1.165, 1.54) is 42.7 Å². The number of methoxy groups -OCH3 is 6. The second-order valence-electron chi connectivity index (χ2n) is 6.76. The lowest BCUT2D eigenvalue weighted by atomic mass is 9.80. The Balaban J connectivity index is 2.44. The fourth-order valence-corrected chi connectivity index (χ4v) is 4.73. The largest absolute Gasteiger partial charge is 0.492 e. The van der Waals surface area contributed by atoms with Crippen molar-refractivity contribution in [1.82, 2.24) is 0 Å². The van der Waals surface area contributed by atoms with Gasteiger partial charge in [0, 0.05) is 12.8 Å². The van der Waals surface area contributed by atoms with Gasteiger partial charge in [-0.2, -0.15) is 0 Å². The molecule has 8 nitrogen and oxygen atoms in total. The Morgan fingerprint density at radius 2 is 0.875 bits per heavy atom. The maximum absolute atomic E-state index is 12.7. The second kappa shape index (κ2) is 9.34. The zero-order valence-electron chi connectivity index (χ0n) is 18.4. The van der Waals surface area contributed by atoms with Gasteiger partial charge in [0.2, 0.25) is 0 Å². The van der Waals surface area contributed by atoms with Gasteiger partial charge in [-0.05, 0) is 22.3 Å². The predicted octanol–water partition coefficient (Wildman–Crippen LogP) is 4.10. The fourth-order valence-electron chi connectivity index (χ4n) is 4.04. The Labute approximate surface area is 195 Å². The van der Waals surface area contributed by atoms with Crippen LogP contribution in [0.1, 0.15) is 43.0 Å². The zero-order valence-corrected chi connectivity index (χ0v) is 19.9. The van der Waals surface area contributed by atoms with Gasteiger partial charge in [0.05, 0.1) is 52.7 Å².